The van der Waals surface area contributed by atoms with Crippen LogP contribution in [-0.4, -0.2) is 39.9 Å². The van der Waals surface area contributed by atoms with E-state index in [4.69, 9.17) is 18.9 Å². The van der Waals surface area contributed by atoms with Gasteiger partial charge in [-0.25, -0.2) is 19.2 Å². The number of hydrogen-bond acceptors (Lipinski definition) is 11. The third kappa shape index (κ3) is 6.57. The zero-order chi connectivity index (χ0) is 23.3. The molecule has 1 amide bonds. The van der Waals surface area contributed by atoms with Crippen molar-refractivity contribution < 1.29 is 47.3 Å². The number of aryl methyl sites for hydroxylation is 1. The molecule has 1 aliphatic heterocycles. The summed E-state index contributed by atoms with van der Waals surface area (Å²) >= 11 is 0.557. The normalized spacial score (nSPS) is 14.5. The maximum absolute atomic E-state index is 12.2. The van der Waals surface area contributed by atoms with E-state index in [1.807, 2.05) is 0 Å². The Morgan fingerprint density at radius 2 is 1.84 bits per heavy atom. The van der Waals surface area contributed by atoms with Gasteiger partial charge in [-0.05, 0) is 46.0 Å². The van der Waals surface area contributed by atoms with Gasteiger partial charge in [-0.1, -0.05) is 0 Å². The van der Waals surface area contributed by atoms with Gasteiger partial charge in [0.2, 0.25) is 0 Å². The Morgan fingerprint density at radius 3 is 2.35 bits per heavy atom. The van der Waals surface area contributed by atoms with E-state index >= 15 is 0 Å². The van der Waals surface area contributed by atoms with Crippen molar-refractivity contribution in [3.63, 3.8) is 0 Å². The predicted molar refractivity (Wildman–Crippen MR) is 104 cm³/mol. The van der Waals surface area contributed by atoms with Crippen molar-refractivity contribution >= 4 is 29.1 Å². The minimum Gasteiger partial charge on any atom is -0.480 e. The number of hydrogen-bond donors (Lipinski definition) is 2. The number of rotatable bonds is 8. The molecule has 0 aromatic carbocycles. The molecule has 170 valence electrons. The second kappa shape index (κ2) is 9.64. The number of carboxylic acid groups (broad SMARTS) is 1. The standard InChI is InChI=1S/C18H21NO11S/c1-8-11(29-10(3)27-8)7-26-17(24)31-18(4,5)13(14(20)21)19-15(22)25-6-12-9(2)28-16(23)30-12/h13H,3,6-7H2,1-2,4-5H3,(H,19,22)(H,20,21)/t13-/m0/s1. The molecule has 1 atom stereocenters. The summed E-state index contributed by atoms with van der Waals surface area (Å²) in [6.45, 7) is 8.68. The molecule has 0 saturated carbocycles. The van der Waals surface area contributed by atoms with E-state index in [2.05, 4.69) is 20.7 Å². The van der Waals surface area contributed by atoms with Crippen LogP contribution in [0.1, 0.15) is 32.3 Å². The van der Waals surface area contributed by atoms with E-state index in [0.717, 1.165) is 0 Å². The van der Waals surface area contributed by atoms with Gasteiger partial charge in [-0.3, -0.25) is 0 Å². The van der Waals surface area contributed by atoms with E-state index in [9.17, 15) is 24.3 Å². The predicted octanol–water partition coefficient (Wildman–Crippen LogP) is 2.62. The minimum absolute atomic E-state index is 0.0189. The zero-order valence-corrected chi connectivity index (χ0v) is 18.0. The Morgan fingerprint density at radius 1 is 1.16 bits per heavy atom. The van der Waals surface area contributed by atoms with Gasteiger partial charge in [0.05, 0.1) is 4.75 Å². The third-order valence-corrected chi connectivity index (χ3v) is 4.98. The van der Waals surface area contributed by atoms with Gasteiger partial charge in [-0.15, -0.1) is 0 Å². The molecule has 0 spiro atoms. The summed E-state index contributed by atoms with van der Waals surface area (Å²) in [5.41, 5.74) is 0. The maximum atomic E-state index is 12.2. The highest BCUT2D eigenvalue weighted by atomic mass is 32.2. The lowest BCUT2D eigenvalue weighted by Crippen LogP contribution is -2.53. The first-order valence-electron chi connectivity index (χ1n) is 8.74. The van der Waals surface area contributed by atoms with Gasteiger partial charge in [0.25, 0.3) is 5.95 Å². The van der Waals surface area contributed by atoms with Gasteiger partial charge in [0.15, 0.2) is 30.5 Å². The third-order valence-electron chi connectivity index (χ3n) is 3.94. The molecule has 0 bridgehead atoms. The largest absolute Gasteiger partial charge is 0.519 e. The summed E-state index contributed by atoms with van der Waals surface area (Å²) in [6.07, 6.45) is -1.10. The summed E-state index contributed by atoms with van der Waals surface area (Å²) < 4.78 is 28.1. The van der Waals surface area contributed by atoms with Gasteiger partial charge < -0.3 is 38.2 Å². The topological polar surface area (TPSA) is 164 Å². The quantitative estimate of drug-likeness (QED) is 0.547. The average Bonchev–Trinajstić information content (AvgIpc) is 3.14. The average molecular weight is 459 g/mol. The van der Waals surface area contributed by atoms with E-state index in [1.165, 1.54) is 20.8 Å². The minimum atomic E-state index is -1.53. The van der Waals surface area contributed by atoms with Crippen LogP contribution in [0.2, 0.25) is 0 Å². The molecular formula is C18H21NO11S. The molecule has 12 nitrogen and oxygen atoms in total. The molecule has 2 rings (SSSR count). The molecule has 31 heavy (non-hydrogen) atoms. The van der Waals surface area contributed by atoms with Gasteiger partial charge in [0, 0.05) is 0 Å². The number of thioether (sulfide) groups is 1. The smallest absolute Gasteiger partial charge is 0.480 e. The number of nitrogens with one attached hydrogen (secondary N) is 1. The highest BCUT2D eigenvalue weighted by Gasteiger charge is 2.40. The van der Waals surface area contributed by atoms with Crippen LogP contribution in [-0.2, 0) is 30.3 Å². The van der Waals surface area contributed by atoms with Crippen molar-refractivity contribution in [1.82, 2.24) is 5.32 Å². The Balaban J connectivity index is 1.92. The highest BCUT2D eigenvalue weighted by Crippen LogP contribution is 2.31. The van der Waals surface area contributed by atoms with Gasteiger partial charge in [-0.2, -0.15) is 0 Å². The van der Waals surface area contributed by atoms with Crippen molar-refractivity contribution in [1.29, 1.82) is 0 Å². The molecule has 1 aromatic rings. The molecule has 0 aliphatic carbocycles. The molecule has 1 aromatic heterocycles. The molecular weight excluding hydrogens is 438 g/mol. The SMILES string of the molecule is C=C1OC(C)=C(COC(=O)SC(C)(C)[C@@H](NC(=O)OCc2oc(=O)oc2C)C(=O)O)O1. The van der Waals surface area contributed by atoms with Crippen molar-refractivity contribution in [3.05, 3.63) is 46.2 Å². The zero-order valence-electron chi connectivity index (χ0n) is 17.1. The lowest BCUT2D eigenvalue weighted by atomic mass is 10.0. The molecule has 2 N–H and O–H groups in total. The maximum Gasteiger partial charge on any atom is 0.519 e. The first-order chi connectivity index (χ1) is 14.4. The van der Waals surface area contributed by atoms with Crippen LogP contribution < -0.4 is 11.1 Å². The Hall–Kier alpha value is -3.35. The van der Waals surface area contributed by atoms with E-state index in [1.54, 1.807) is 6.92 Å². The van der Waals surface area contributed by atoms with Crippen LogP contribution in [0.25, 0.3) is 0 Å². The van der Waals surface area contributed by atoms with Gasteiger partial charge in [0.1, 0.15) is 11.8 Å². The lowest BCUT2D eigenvalue weighted by molar-refractivity contribution is -0.140. The Bertz CT molecular complexity index is 971. The summed E-state index contributed by atoms with van der Waals surface area (Å²) in [5.74, 6) is -1.56. The first-order valence-corrected chi connectivity index (χ1v) is 9.56. The fraction of sp³-hybridized carbons (Fsp3) is 0.444. The molecule has 0 unspecified atom stereocenters. The number of carbonyl (C=O) groups is 3. The van der Waals surface area contributed by atoms with Crippen molar-refractivity contribution in [2.75, 3.05) is 6.61 Å². The monoisotopic (exact) mass is 459 g/mol. The van der Waals surface area contributed by atoms with Crippen molar-refractivity contribution in [3.8, 4) is 0 Å². The van der Waals surface area contributed by atoms with Gasteiger partial charge >= 0.3 is 23.2 Å². The lowest BCUT2D eigenvalue weighted by Gasteiger charge is -2.29. The number of carboxylic acids is 1. The molecule has 13 heteroatoms. The summed E-state index contributed by atoms with van der Waals surface area (Å²) in [6, 6.07) is -1.53. The summed E-state index contributed by atoms with van der Waals surface area (Å²) in [4.78, 5) is 46.9. The Labute approximate surface area is 180 Å². The number of amides is 1. The number of alkyl carbamates (subject to hydrolysis) is 1. The number of ether oxygens (including phenoxy) is 4. The second-order valence-corrected chi connectivity index (χ2v) is 8.31. The number of aliphatic carboxylic acids is 1. The van der Waals surface area contributed by atoms with Crippen molar-refractivity contribution in [2.45, 2.75) is 45.1 Å². The van der Waals surface area contributed by atoms with E-state index in [-0.39, 0.29) is 29.8 Å². The van der Waals surface area contributed by atoms with Crippen LogP contribution in [0, 0.1) is 6.92 Å². The number of carbonyl (C=O) groups excluding carboxylic acids is 2. The highest BCUT2D eigenvalue weighted by molar-refractivity contribution is 8.14. The number of allylic oxidation sites excluding steroid dienone is 1. The second-order valence-electron chi connectivity index (χ2n) is 6.72. The summed E-state index contributed by atoms with van der Waals surface area (Å²) in [7, 11) is 0. The molecule has 2 heterocycles. The van der Waals surface area contributed by atoms with Crippen LogP contribution in [0.5, 0.6) is 0 Å². The first kappa shape index (κ1) is 23.9. The Kier molecular flexibility index (Phi) is 7.44. The van der Waals surface area contributed by atoms with Crippen LogP contribution in [0.15, 0.2) is 37.7 Å². The van der Waals surface area contributed by atoms with E-state index in [0.29, 0.717) is 17.5 Å². The molecule has 0 saturated heterocycles. The molecule has 1 aliphatic rings. The van der Waals surface area contributed by atoms with Crippen LogP contribution in [0.3, 0.4) is 0 Å². The van der Waals surface area contributed by atoms with Crippen molar-refractivity contribution in [2.24, 2.45) is 0 Å². The fourth-order valence-corrected chi connectivity index (χ4v) is 3.17. The van der Waals surface area contributed by atoms with Crippen LogP contribution >= 0.6 is 11.8 Å². The molecule has 0 radical (unpaired) electrons. The van der Waals surface area contributed by atoms with E-state index < -0.39 is 40.6 Å². The fourth-order valence-electron chi connectivity index (χ4n) is 2.35. The summed E-state index contributed by atoms with van der Waals surface area (Å²) in [5, 5.41) is 10.9. The molecule has 0 fully saturated rings. The van der Waals surface area contributed by atoms with Crippen LogP contribution in [0.4, 0.5) is 9.59 Å².